The fraction of sp³-hybridized carbons (Fsp3) is 0.615. The quantitative estimate of drug-likeness (QED) is 0.171. The number of rotatable bonds is 10. The highest BCUT2D eigenvalue weighted by Crippen LogP contribution is 2.66. The average molecular weight is 549 g/mol. The van der Waals surface area contributed by atoms with Gasteiger partial charge in [0, 0.05) is 5.92 Å². The molecule has 0 aromatic carbocycles. The van der Waals surface area contributed by atoms with E-state index in [0.29, 0.717) is 16.9 Å². The van der Waals surface area contributed by atoms with E-state index in [1.54, 1.807) is 6.92 Å². The van der Waals surface area contributed by atoms with Crippen molar-refractivity contribution >= 4 is 40.6 Å². The summed E-state index contributed by atoms with van der Waals surface area (Å²) in [5.74, 6) is -1.00. The summed E-state index contributed by atoms with van der Waals surface area (Å²) in [7, 11) is -16.6. The molecular formula is C13H22N5O13P3. The predicted octanol–water partition coefficient (Wildman–Crippen LogP) is -1.20. The molecule has 21 heteroatoms. The van der Waals surface area contributed by atoms with Crippen LogP contribution in [0.3, 0.4) is 0 Å². The van der Waals surface area contributed by atoms with E-state index in [1.165, 1.54) is 10.9 Å². The number of hydrogen-bond acceptors (Lipinski definition) is 13. The number of nitrogens with two attached hydrogens (primary N) is 1. The standard InChI is InChI=1S/C13H22N5O13P3/c1-6-10-12(17-13(14)16-6)18(5-15-10)2-8-11(20)7(3-19)9(29-8)4-28-33(24,25)31-34(26,27)30-32(21,22)23/h5,7-9,11,19-20H,2-4H2,1H3,(H,24,25)(H,26,27)(H2,14,16,17)(H2,21,22,23)/t7-,8+,9-,11-/m1/s1. The maximum Gasteiger partial charge on any atom is 0.490 e. The Labute approximate surface area is 190 Å². The number of aryl methyl sites for hydroxylation is 1. The van der Waals surface area contributed by atoms with Crippen molar-refractivity contribution < 1.29 is 61.4 Å². The number of anilines is 1. The van der Waals surface area contributed by atoms with Crippen LogP contribution in [-0.4, -0.2) is 80.8 Å². The van der Waals surface area contributed by atoms with Crippen LogP contribution >= 0.6 is 23.5 Å². The molecule has 0 saturated carbocycles. The summed E-state index contributed by atoms with van der Waals surface area (Å²) in [6.07, 6.45) is -2.03. The molecule has 3 heterocycles. The van der Waals surface area contributed by atoms with E-state index in [1.807, 2.05) is 0 Å². The minimum atomic E-state index is -5.69. The third-order valence-electron chi connectivity index (χ3n) is 4.71. The Kier molecular flexibility index (Phi) is 7.97. The third kappa shape index (κ3) is 6.65. The molecule has 0 radical (unpaired) electrons. The number of fused-ring (bicyclic) bond motifs is 1. The lowest BCUT2D eigenvalue weighted by Gasteiger charge is -2.20. The number of phosphoric ester groups is 1. The molecule has 6 atom stereocenters. The summed E-state index contributed by atoms with van der Waals surface area (Å²) in [5, 5.41) is 20.2. The summed E-state index contributed by atoms with van der Waals surface area (Å²) < 4.78 is 53.0. The predicted molar refractivity (Wildman–Crippen MR) is 110 cm³/mol. The fourth-order valence-corrected chi connectivity index (χ4v) is 6.38. The number of aliphatic hydroxyl groups excluding tert-OH is 2. The van der Waals surface area contributed by atoms with Gasteiger partial charge in [0.05, 0.1) is 44.0 Å². The Morgan fingerprint density at radius 3 is 2.41 bits per heavy atom. The Morgan fingerprint density at radius 2 is 1.79 bits per heavy atom. The lowest BCUT2D eigenvalue weighted by atomic mass is 9.97. The van der Waals surface area contributed by atoms with E-state index >= 15 is 0 Å². The van der Waals surface area contributed by atoms with Crippen LogP contribution in [0.1, 0.15) is 5.69 Å². The zero-order valence-electron chi connectivity index (χ0n) is 17.3. The van der Waals surface area contributed by atoms with E-state index in [9.17, 15) is 33.7 Å². The van der Waals surface area contributed by atoms with E-state index in [-0.39, 0.29) is 12.5 Å². The van der Waals surface area contributed by atoms with Crippen molar-refractivity contribution in [1.29, 1.82) is 0 Å². The second-order valence-electron chi connectivity index (χ2n) is 7.17. The first-order valence-electron chi connectivity index (χ1n) is 9.28. The number of nitrogens with zero attached hydrogens (tertiary/aromatic N) is 4. The van der Waals surface area contributed by atoms with Gasteiger partial charge in [-0.05, 0) is 6.92 Å². The fourth-order valence-electron chi connectivity index (χ4n) is 3.35. The molecule has 2 unspecified atom stereocenters. The van der Waals surface area contributed by atoms with Crippen LogP contribution in [0.4, 0.5) is 5.95 Å². The second kappa shape index (κ2) is 9.95. The van der Waals surface area contributed by atoms with Gasteiger partial charge in [-0.1, -0.05) is 0 Å². The topological polar surface area (TPSA) is 279 Å². The van der Waals surface area contributed by atoms with Crippen LogP contribution in [-0.2, 0) is 38.1 Å². The van der Waals surface area contributed by atoms with Gasteiger partial charge in [0.1, 0.15) is 11.6 Å². The third-order valence-corrected chi connectivity index (χ3v) is 8.51. The molecule has 18 nitrogen and oxygen atoms in total. The first-order chi connectivity index (χ1) is 15.6. The molecule has 0 bridgehead atoms. The van der Waals surface area contributed by atoms with Gasteiger partial charge < -0.3 is 44.8 Å². The Morgan fingerprint density at radius 1 is 1.12 bits per heavy atom. The molecule has 0 amide bonds. The van der Waals surface area contributed by atoms with Gasteiger partial charge in [0.2, 0.25) is 5.95 Å². The molecule has 2 aromatic heterocycles. The first-order valence-corrected chi connectivity index (χ1v) is 13.8. The van der Waals surface area contributed by atoms with Crippen molar-refractivity contribution in [2.24, 2.45) is 5.92 Å². The van der Waals surface area contributed by atoms with Crippen LogP contribution < -0.4 is 5.73 Å². The number of hydrogen-bond donors (Lipinski definition) is 7. The zero-order valence-corrected chi connectivity index (χ0v) is 19.9. The van der Waals surface area contributed by atoms with E-state index in [2.05, 4.69) is 28.1 Å². The highest BCUT2D eigenvalue weighted by molar-refractivity contribution is 7.66. The molecule has 0 spiro atoms. The molecular weight excluding hydrogens is 527 g/mol. The van der Waals surface area contributed by atoms with Crippen molar-refractivity contribution in [3.63, 3.8) is 0 Å². The molecule has 1 aliphatic heterocycles. The SMILES string of the molecule is Cc1nc(N)nc2c1ncn2C[C@@H]1O[C@H](COP(=O)(O)OP(=O)(O)OP(=O)(O)O)[C@@H](CO)[C@H]1O. The number of aromatic nitrogens is 4. The molecule has 1 aliphatic rings. The molecule has 8 N–H and O–H groups in total. The van der Waals surface area contributed by atoms with E-state index < -0.39 is 60.9 Å². The van der Waals surface area contributed by atoms with Crippen molar-refractivity contribution in [3.05, 3.63) is 12.0 Å². The van der Waals surface area contributed by atoms with Crippen LogP contribution in [0.15, 0.2) is 6.33 Å². The lowest BCUT2D eigenvalue weighted by molar-refractivity contribution is -0.0198. The normalized spacial score (nSPS) is 27.0. The van der Waals surface area contributed by atoms with Crippen LogP contribution in [0.2, 0.25) is 0 Å². The molecule has 2 aromatic rings. The summed E-state index contributed by atoms with van der Waals surface area (Å²) in [5.41, 5.74) is 7.01. The highest BCUT2D eigenvalue weighted by atomic mass is 31.3. The van der Waals surface area contributed by atoms with E-state index in [4.69, 9.17) is 20.3 Å². The average Bonchev–Trinajstić information content (AvgIpc) is 3.18. The van der Waals surface area contributed by atoms with Gasteiger partial charge in [-0.15, -0.1) is 0 Å². The van der Waals surface area contributed by atoms with Gasteiger partial charge in [0.15, 0.2) is 5.65 Å². The van der Waals surface area contributed by atoms with Crippen molar-refractivity contribution in [2.75, 3.05) is 18.9 Å². The Balaban J connectivity index is 1.68. The van der Waals surface area contributed by atoms with Crippen molar-refractivity contribution in [3.8, 4) is 0 Å². The highest BCUT2D eigenvalue weighted by Gasteiger charge is 2.46. The van der Waals surface area contributed by atoms with Crippen LogP contribution in [0.5, 0.6) is 0 Å². The summed E-state index contributed by atoms with van der Waals surface area (Å²) in [4.78, 5) is 48.2. The molecule has 1 saturated heterocycles. The van der Waals surface area contributed by atoms with Crippen molar-refractivity contribution in [1.82, 2.24) is 19.5 Å². The number of aliphatic hydroxyl groups is 2. The first kappa shape index (κ1) is 27.2. The molecule has 3 rings (SSSR count). The molecule has 1 fully saturated rings. The monoisotopic (exact) mass is 549 g/mol. The van der Waals surface area contributed by atoms with Crippen molar-refractivity contribution in [2.45, 2.75) is 31.8 Å². The van der Waals surface area contributed by atoms with E-state index in [0.717, 1.165) is 0 Å². The largest absolute Gasteiger partial charge is 0.490 e. The Hall–Kier alpha value is -1.36. The maximum absolute atomic E-state index is 11.9. The van der Waals surface area contributed by atoms with Gasteiger partial charge >= 0.3 is 23.5 Å². The number of imidazole rings is 1. The number of nitrogen functional groups attached to an aromatic ring is 1. The maximum atomic E-state index is 11.9. The second-order valence-corrected chi connectivity index (χ2v) is 11.6. The number of ether oxygens (including phenoxy) is 1. The van der Waals surface area contributed by atoms with Gasteiger partial charge in [-0.2, -0.15) is 13.6 Å². The molecule has 0 aliphatic carbocycles. The van der Waals surface area contributed by atoms with Gasteiger partial charge in [0.25, 0.3) is 0 Å². The minimum absolute atomic E-state index is 0.00162. The van der Waals surface area contributed by atoms with Gasteiger partial charge in [-0.25, -0.2) is 23.7 Å². The molecule has 192 valence electrons. The smallest absolute Gasteiger partial charge is 0.396 e. The Bertz CT molecular complexity index is 1190. The van der Waals surface area contributed by atoms with Crippen LogP contribution in [0.25, 0.3) is 11.2 Å². The lowest BCUT2D eigenvalue weighted by Crippen LogP contribution is -2.33. The summed E-state index contributed by atoms with van der Waals surface area (Å²) >= 11 is 0. The minimum Gasteiger partial charge on any atom is -0.396 e. The zero-order chi connectivity index (χ0) is 25.5. The van der Waals surface area contributed by atoms with Crippen LogP contribution in [0, 0.1) is 12.8 Å². The summed E-state index contributed by atoms with van der Waals surface area (Å²) in [6.45, 7) is 0.220. The molecule has 34 heavy (non-hydrogen) atoms. The summed E-state index contributed by atoms with van der Waals surface area (Å²) in [6, 6.07) is 0. The van der Waals surface area contributed by atoms with Gasteiger partial charge in [-0.3, -0.25) is 4.52 Å². The number of phosphoric acid groups is 3.